The molecule has 2 bridgehead atoms. The van der Waals surface area contributed by atoms with Gasteiger partial charge in [0.1, 0.15) is 11.3 Å². The van der Waals surface area contributed by atoms with Crippen LogP contribution in [0.2, 0.25) is 0 Å². The first-order valence-electron chi connectivity index (χ1n) is 9.86. The molecule has 148 valence electrons. The molecule has 2 amide bonds. The molecule has 0 N–H and O–H groups in total. The predicted molar refractivity (Wildman–Crippen MR) is 105 cm³/mol. The number of benzene rings is 1. The minimum Gasteiger partial charge on any atom is -0.361 e. The second-order valence-corrected chi connectivity index (χ2v) is 8.38. The summed E-state index contributed by atoms with van der Waals surface area (Å²) in [6, 6.07) is 10.1. The van der Waals surface area contributed by atoms with Crippen molar-refractivity contribution in [2.45, 2.75) is 51.6 Å². The van der Waals surface area contributed by atoms with Gasteiger partial charge >= 0.3 is 0 Å². The van der Waals surface area contributed by atoms with Gasteiger partial charge in [-0.25, -0.2) is 0 Å². The van der Waals surface area contributed by atoms with Crippen molar-refractivity contribution < 1.29 is 14.1 Å². The van der Waals surface area contributed by atoms with Crippen molar-refractivity contribution in [1.82, 2.24) is 15.0 Å². The van der Waals surface area contributed by atoms with Crippen LogP contribution in [-0.2, 0) is 11.2 Å². The van der Waals surface area contributed by atoms with E-state index in [2.05, 4.69) is 17.3 Å². The summed E-state index contributed by atoms with van der Waals surface area (Å²) in [5.74, 6) is 0.603. The summed E-state index contributed by atoms with van der Waals surface area (Å²) in [4.78, 5) is 30.5. The van der Waals surface area contributed by atoms with Crippen LogP contribution in [0.1, 0.15) is 46.6 Å². The number of amides is 2. The molecule has 2 aromatic rings. The first kappa shape index (κ1) is 18.7. The second-order valence-electron chi connectivity index (χ2n) is 8.38. The Morgan fingerprint density at radius 2 is 1.93 bits per heavy atom. The molecule has 0 radical (unpaired) electrons. The fourth-order valence-electron chi connectivity index (χ4n) is 5.31. The molecular weight excluding hydrogens is 354 g/mol. The Bertz CT molecular complexity index is 886. The van der Waals surface area contributed by atoms with Gasteiger partial charge in [-0.2, -0.15) is 0 Å². The molecule has 2 saturated heterocycles. The number of aryl methyl sites for hydroxylation is 2. The summed E-state index contributed by atoms with van der Waals surface area (Å²) in [6.07, 6.45) is 3.15. The van der Waals surface area contributed by atoms with Crippen LogP contribution in [0.4, 0.5) is 0 Å². The van der Waals surface area contributed by atoms with Crippen molar-refractivity contribution in [2.75, 3.05) is 14.1 Å². The van der Waals surface area contributed by atoms with Crippen molar-refractivity contribution in [3.63, 3.8) is 0 Å². The van der Waals surface area contributed by atoms with Crippen LogP contribution < -0.4 is 0 Å². The molecule has 2 fully saturated rings. The average molecular weight is 381 g/mol. The SMILES string of the molecule is Cc1noc(C)c1C(=O)N1[C@H]2CC[C@@H]1[C@](Cc1ccccc1)(C(=O)N(C)C)C2. The highest BCUT2D eigenvalue weighted by atomic mass is 16.5. The highest BCUT2D eigenvalue weighted by molar-refractivity contribution is 5.98. The molecule has 0 spiro atoms. The molecule has 3 heterocycles. The van der Waals surface area contributed by atoms with E-state index in [9.17, 15) is 9.59 Å². The average Bonchev–Trinajstić information content (AvgIpc) is 3.33. The maximum absolute atomic E-state index is 13.4. The first-order valence-corrected chi connectivity index (χ1v) is 9.86. The number of rotatable bonds is 4. The number of carbonyl (C=O) groups excluding carboxylic acids is 2. The predicted octanol–water partition coefficient (Wildman–Crippen LogP) is 2.99. The summed E-state index contributed by atoms with van der Waals surface area (Å²) in [5, 5.41) is 3.95. The van der Waals surface area contributed by atoms with E-state index in [4.69, 9.17) is 4.52 Å². The molecule has 6 heteroatoms. The Kier molecular flexibility index (Phi) is 4.52. The van der Waals surface area contributed by atoms with Crippen molar-refractivity contribution >= 4 is 11.8 Å². The van der Waals surface area contributed by atoms with Crippen molar-refractivity contribution in [3.05, 3.63) is 52.9 Å². The van der Waals surface area contributed by atoms with Crippen LogP contribution in [0.15, 0.2) is 34.9 Å². The molecule has 2 aliphatic rings. The maximum Gasteiger partial charge on any atom is 0.259 e. The first-order chi connectivity index (χ1) is 13.3. The summed E-state index contributed by atoms with van der Waals surface area (Å²) in [6.45, 7) is 3.57. The number of hydrogen-bond acceptors (Lipinski definition) is 4. The van der Waals surface area contributed by atoms with E-state index < -0.39 is 5.41 Å². The van der Waals surface area contributed by atoms with Crippen molar-refractivity contribution in [3.8, 4) is 0 Å². The molecule has 1 aromatic carbocycles. The van der Waals surface area contributed by atoms with Gasteiger partial charge in [0.05, 0.1) is 11.1 Å². The molecule has 4 rings (SSSR count). The van der Waals surface area contributed by atoms with Crippen LogP contribution >= 0.6 is 0 Å². The van der Waals surface area contributed by atoms with Gasteiger partial charge in [-0.05, 0) is 45.1 Å². The zero-order chi connectivity index (χ0) is 20.1. The fourth-order valence-corrected chi connectivity index (χ4v) is 5.31. The van der Waals surface area contributed by atoms with Crippen molar-refractivity contribution in [2.24, 2.45) is 5.41 Å². The number of nitrogens with zero attached hydrogens (tertiary/aromatic N) is 3. The maximum atomic E-state index is 13.4. The zero-order valence-corrected chi connectivity index (χ0v) is 16.9. The van der Waals surface area contributed by atoms with Crippen LogP contribution in [0.5, 0.6) is 0 Å². The van der Waals surface area contributed by atoms with Gasteiger partial charge < -0.3 is 14.3 Å². The van der Waals surface area contributed by atoms with Gasteiger partial charge in [0.2, 0.25) is 5.91 Å². The monoisotopic (exact) mass is 381 g/mol. The van der Waals surface area contributed by atoms with Crippen LogP contribution in [0.3, 0.4) is 0 Å². The lowest BCUT2D eigenvalue weighted by molar-refractivity contribution is -0.141. The molecule has 2 aliphatic heterocycles. The third-order valence-corrected chi connectivity index (χ3v) is 6.42. The van der Waals surface area contributed by atoms with Crippen molar-refractivity contribution in [1.29, 1.82) is 0 Å². The van der Waals surface area contributed by atoms with E-state index in [0.717, 1.165) is 18.4 Å². The lowest BCUT2D eigenvalue weighted by Gasteiger charge is -2.38. The van der Waals surface area contributed by atoms with E-state index in [-0.39, 0.29) is 23.9 Å². The van der Waals surface area contributed by atoms with E-state index >= 15 is 0 Å². The van der Waals surface area contributed by atoms with Gasteiger partial charge in [-0.1, -0.05) is 35.5 Å². The fraction of sp³-hybridized carbons (Fsp3) is 0.500. The number of hydrogen-bond donors (Lipinski definition) is 0. The normalized spacial score (nSPS) is 25.9. The molecule has 0 saturated carbocycles. The van der Waals surface area contributed by atoms with Gasteiger partial charge in [0.25, 0.3) is 5.91 Å². The lowest BCUT2D eigenvalue weighted by atomic mass is 9.69. The summed E-state index contributed by atoms with van der Waals surface area (Å²) in [7, 11) is 3.61. The summed E-state index contributed by atoms with van der Waals surface area (Å²) >= 11 is 0. The van der Waals surface area contributed by atoms with E-state index in [0.29, 0.717) is 29.9 Å². The number of carbonyl (C=O) groups is 2. The van der Waals surface area contributed by atoms with Gasteiger partial charge in [-0.3, -0.25) is 9.59 Å². The smallest absolute Gasteiger partial charge is 0.259 e. The van der Waals surface area contributed by atoms with Crippen LogP contribution in [0, 0.1) is 19.3 Å². The quantitative estimate of drug-likeness (QED) is 0.817. The van der Waals surface area contributed by atoms with E-state index in [1.54, 1.807) is 18.7 Å². The zero-order valence-electron chi connectivity index (χ0n) is 16.9. The minimum atomic E-state index is -0.581. The highest BCUT2D eigenvalue weighted by Crippen LogP contribution is 2.53. The number of fused-ring (bicyclic) bond motifs is 2. The molecule has 0 unspecified atom stereocenters. The lowest BCUT2D eigenvalue weighted by Crippen LogP contribution is -2.50. The highest BCUT2D eigenvalue weighted by Gasteiger charge is 2.61. The molecular formula is C22H27N3O3. The van der Waals surface area contributed by atoms with Gasteiger partial charge in [-0.15, -0.1) is 0 Å². The summed E-state index contributed by atoms with van der Waals surface area (Å²) in [5.41, 5.74) is 1.71. The molecule has 6 nitrogen and oxygen atoms in total. The largest absolute Gasteiger partial charge is 0.361 e. The van der Waals surface area contributed by atoms with E-state index in [1.807, 2.05) is 37.2 Å². The van der Waals surface area contributed by atoms with Crippen LogP contribution in [0.25, 0.3) is 0 Å². The van der Waals surface area contributed by atoms with Gasteiger partial charge in [0.15, 0.2) is 0 Å². The Morgan fingerprint density at radius 1 is 1.21 bits per heavy atom. The van der Waals surface area contributed by atoms with E-state index in [1.165, 1.54) is 0 Å². The van der Waals surface area contributed by atoms with Gasteiger partial charge in [0, 0.05) is 26.2 Å². The standard InChI is InChI=1S/C22H27N3O3/c1-14-19(15(2)28-23-14)20(26)25-17-10-11-18(25)22(13-17,21(27)24(3)4)12-16-8-6-5-7-9-16/h5-9,17-18H,10-13H2,1-4H3/t17-,18+,22+/m0/s1. The van der Waals surface area contributed by atoms with Crippen LogP contribution in [-0.4, -0.2) is 52.9 Å². The molecule has 28 heavy (non-hydrogen) atoms. The third kappa shape index (κ3) is 2.74. The summed E-state index contributed by atoms with van der Waals surface area (Å²) < 4.78 is 5.23. The Balaban J connectivity index is 1.73. The Hall–Kier alpha value is -2.63. The Labute approximate surface area is 165 Å². The Morgan fingerprint density at radius 3 is 2.54 bits per heavy atom. The minimum absolute atomic E-state index is 0.0507. The second kappa shape index (κ2) is 6.76. The third-order valence-electron chi connectivity index (χ3n) is 6.42. The topological polar surface area (TPSA) is 66.7 Å². The molecule has 3 atom stereocenters. The molecule has 0 aliphatic carbocycles. The number of aromatic nitrogens is 1. The molecule has 1 aromatic heterocycles.